The maximum absolute atomic E-state index is 6.30. The smallest absolute Gasteiger partial charge is 0.0725 e. The molecular weight excluding hydrogens is 1720 g/mol. The van der Waals surface area contributed by atoms with Crippen LogP contribution < -0.4 is 0 Å². The molecule has 6 nitrogen and oxygen atoms in total. The van der Waals surface area contributed by atoms with Gasteiger partial charge in [0.1, 0.15) is 0 Å². The van der Waals surface area contributed by atoms with Crippen LogP contribution in [-0.2, 0) is 16.2 Å². The first-order valence-electron chi connectivity index (χ1n) is 50.3. The van der Waals surface area contributed by atoms with E-state index in [1.54, 1.807) is 0 Å². The quantitative estimate of drug-likeness (QED) is 0.102. The minimum absolute atomic E-state index is 0.287. The molecule has 20 aromatic rings. The van der Waals surface area contributed by atoms with Crippen molar-refractivity contribution in [1.29, 1.82) is 0 Å². The van der Waals surface area contributed by atoms with Crippen molar-refractivity contribution in [2.75, 3.05) is 0 Å². The Kier molecular flexibility index (Phi) is 18.0. The molecule has 142 heavy (non-hydrogen) atoms. The molecule has 3 aromatic heterocycles. The highest BCUT2D eigenvalue weighted by Gasteiger charge is 2.65. The molecule has 0 amide bonds. The first-order chi connectivity index (χ1) is 70.0. The molecule has 10 aliphatic carbocycles. The van der Waals surface area contributed by atoms with E-state index in [-0.39, 0.29) is 5.92 Å². The SMILES string of the molecule is CC(=NC12CC3CC(N=C(C)c4cnc(-c5cccc(-c6cccc7c6-c6ccccc6C76c7ccccc7-c7ccccc76)c5)cc4-c4ccccc4)(C1)CC(N=C(C)c1cnc(-c4cccc(-c5cccc6c5-c5ccccc5C65c6ccccc6-c6ccccc65)c4)cc1-c1ccccc1)(C3)C2)c1ccc(-c2cccc(-c3cccc4c3-c3ccccc3C43c4ccccc4-c4ccccc43)c2)nc1. The zero-order valence-electron chi connectivity index (χ0n) is 79.2. The summed E-state index contributed by atoms with van der Waals surface area (Å²) in [5, 5.41) is 0. The van der Waals surface area contributed by atoms with E-state index < -0.39 is 32.9 Å². The maximum Gasteiger partial charge on any atom is 0.0725 e. The third-order valence-corrected chi connectivity index (χ3v) is 33.6. The summed E-state index contributed by atoms with van der Waals surface area (Å²) in [6.45, 7) is 6.71. The summed E-state index contributed by atoms with van der Waals surface area (Å²) >= 11 is 0. The maximum atomic E-state index is 6.30. The second-order valence-corrected chi connectivity index (χ2v) is 41.3. The number of benzene rings is 17. The van der Waals surface area contributed by atoms with Crippen molar-refractivity contribution in [3.63, 3.8) is 0 Å². The number of rotatable bonds is 14. The van der Waals surface area contributed by atoms with Crippen molar-refractivity contribution < 1.29 is 0 Å². The van der Waals surface area contributed by atoms with Gasteiger partial charge in [-0.1, -0.05) is 388 Å². The molecule has 0 radical (unpaired) electrons. The summed E-state index contributed by atoms with van der Waals surface area (Å²) in [7, 11) is 0. The Morgan fingerprint density at radius 3 is 0.768 bits per heavy atom. The molecule has 4 fully saturated rings. The van der Waals surface area contributed by atoms with Crippen LogP contribution in [0, 0.1) is 5.92 Å². The molecule has 0 N–H and O–H groups in total. The van der Waals surface area contributed by atoms with Gasteiger partial charge in [0.15, 0.2) is 0 Å². The lowest BCUT2D eigenvalue weighted by Gasteiger charge is -2.63. The van der Waals surface area contributed by atoms with E-state index in [1.165, 1.54) is 150 Å². The molecule has 4 bridgehead atoms. The molecule has 6 heteroatoms. The standard InChI is InChI=1S/C136H96N6/c1-84(96-68-69-125(137-78-96)93-41-28-38-90(70-93)97-53-31-65-122-128(97)106-50-16-25-62-119(106)134(122)113-56-19-10-44-100(113)101-45-11-20-57-114(101)134)140-131-75-87-76-132(81-131,141-85(2)111-79-138-126(73-109(111)88-34-6-4-7-35-88)94-42-29-39-91(71-94)98-54-32-66-123-129(98)107-51-17-26-63-120(107)135(123)115-58-21-12-46-102(115)103-47-13-22-59-116(103)135)83-133(77-87,82-131)142-86(3)112-80-139-127(74-110(112)89-36-8-5-9-37-89)95-43-30-40-92(72-95)99-55-33-67-124-130(99)108-52-18-27-64-121(108)136(124)117-60-23-14-48-104(117)105-49-15-24-61-118(105)136/h4-74,78-80,87H,75-77,81-83H2,1-3H3. The zero-order chi connectivity index (χ0) is 93.9. The lowest BCUT2D eigenvalue weighted by Crippen LogP contribution is -2.64. The third-order valence-electron chi connectivity index (χ3n) is 33.6. The van der Waals surface area contributed by atoms with Gasteiger partial charge in [-0.2, -0.15) is 0 Å². The van der Waals surface area contributed by atoms with Crippen LogP contribution in [0.15, 0.2) is 464 Å². The molecule has 10 aliphatic rings. The lowest BCUT2D eigenvalue weighted by atomic mass is 9.47. The molecule has 3 heterocycles. The molecule has 0 aliphatic heterocycles. The van der Waals surface area contributed by atoms with E-state index in [9.17, 15) is 0 Å². The predicted octanol–water partition coefficient (Wildman–Crippen LogP) is 32.3. The summed E-state index contributed by atoms with van der Waals surface area (Å²) in [6.07, 6.45) is 11.5. The average molecular weight is 1810 g/mol. The highest BCUT2D eigenvalue weighted by atomic mass is 15.1. The van der Waals surface area contributed by atoms with E-state index >= 15 is 0 Å². The number of hydrogen-bond donors (Lipinski definition) is 0. The van der Waals surface area contributed by atoms with Crippen molar-refractivity contribution in [1.82, 2.24) is 15.0 Å². The van der Waals surface area contributed by atoms with E-state index in [1.807, 2.05) is 0 Å². The van der Waals surface area contributed by atoms with E-state index in [2.05, 4.69) is 470 Å². The van der Waals surface area contributed by atoms with Gasteiger partial charge in [0.2, 0.25) is 0 Å². The Bertz CT molecular complexity index is 8380. The Balaban J connectivity index is 0.533. The fraction of sp³-hybridized carbons (Fsp3) is 0.118. The first kappa shape index (κ1) is 82.3. The van der Waals surface area contributed by atoms with Crippen LogP contribution >= 0.6 is 0 Å². The third kappa shape index (κ3) is 11.8. The van der Waals surface area contributed by atoms with Crippen molar-refractivity contribution in [3.8, 4) is 156 Å². The predicted molar refractivity (Wildman–Crippen MR) is 581 cm³/mol. The Morgan fingerprint density at radius 2 is 0.451 bits per heavy atom. The van der Waals surface area contributed by atoms with Gasteiger partial charge >= 0.3 is 0 Å². The summed E-state index contributed by atoms with van der Waals surface area (Å²) in [5.74, 6) is 0.287. The molecule has 670 valence electrons. The second kappa shape index (κ2) is 31.1. The number of nitrogens with zero attached hydrogens (tertiary/aromatic N) is 6. The second-order valence-electron chi connectivity index (χ2n) is 41.3. The van der Waals surface area contributed by atoms with Crippen LogP contribution in [0.2, 0.25) is 0 Å². The lowest BCUT2D eigenvalue weighted by molar-refractivity contribution is -0.0300. The first-order valence-corrected chi connectivity index (χ1v) is 50.3. The van der Waals surface area contributed by atoms with Crippen LogP contribution in [0.25, 0.3) is 156 Å². The zero-order valence-corrected chi connectivity index (χ0v) is 79.2. The topological polar surface area (TPSA) is 75.8 Å². The fourth-order valence-corrected chi connectivity index (χ4v) is 28.9. The normalized spacial score (nSPS) is 18.8. The number of pyridine rings is 3. The van der Waals surface area contributed by atoms with Gasteiger partial charge in [-0.3, -0.25) is 29.9 Å². The largest absolute Gasteiger partial charge is 0.283 e. The molecule has 2 unspecified atom stereocenters. The minimum atomic E-state index is -0.530. The number of aliphatic imine (C=N–C) groups is 3. The molecule has 0 saturated heterocycles. The number of aromatic nitrogens is 3. The average Bonchev–Trinajstić information content (AvgIpc) is 1.61. The van der Waals surface area contributed by atoms with Gasteiger partial charge in [0.05, 0.1) is 49.9 Å². The Labute approximate surface area is 828 Å². The monoisotopic (exact) mass is 1810 g/mol. The van der Waals surface area contributed by atoms with E-state index in [4.69, 9.17) is 29.9 Å². The van der Waals surface area contributed by atoms with Gasteiger partial charge in [0.25, 0.3) is 0 Å². The summed E-state index contributed by atoms with van der Waals surface area (Å²) in [4.78, 5) is 35.3. The van der Waals surface area contributed by atoms with E-state index in [0.717, 1.165) is 145 Å². The van der Waals surface area contributed by atoms with Crippen LogP contribution in [0.5, 0.6) is 0 Å². The van der Waals surface area contributed by atoms with Gasteiger partial charge in [-0.15, -0.1) is 0 Å². The van der Waals surface area contributed by atoms with Crippen molar-refractivity contribution in [3.05, 3.63) is 533 Å². The minimum Gasteiger partial charge on any atom is -0.283 e. The Morgan fingerprint density at radius 1 is 0.204 bits per heavy atom. The van der Waals surface area contributed by atoms with Crippen LogP contribution in [0.1, 0.15) is 143 Å². The van der Waals surface area contributed by atoms with E-state index in [0.29, 0.717) is 0 Å². The van der Waals surface area contributed by atoms with Crippen molar-refractivity contribution in [2.45, 2.75) is 92.2 Å². The summed E-state index contributed by atoms with van der Waals surface area (Å²) < 4.78 is 0. The molecule has 3 spiro atoms. The van der Waals surface area contributed by atoms with Crippen molar-refractivity contribution in [2.24, 2.45) is 20.9 Å². The highest BCUT2D eigenvalue weighted by molar-refractivity contribution is 6.09. The molecule has 2 atom stereocenters. The van der Waals surface area contributed by atoms with Gasteiger partial charge < -0.3 is 0 Å². The Hall–Kier alpha value is -16.8. The van der Waals surface area contributed by atoms with Crippen molar-refractivity contribution >= 4 is 17.1 Å². The number of fused-ring (bicyclic) bond motifs is 30. The fourth-order valence-electron chi connectivity index (χ4n) is 28.9. The van der Waals surface area contributed by atoms with Gasteiger partial charge in [-0.25, -0.2) is 0 Å². The molecular formula is C136H96N6. The van der Waals surface area contributed by atoms with Gasteiger partial charge in [-0.05, 0) is 297 Å². The molecule has 17 aromatic carbocycles. The highest BCUT2D eigenvalue weighted by Crippen LogP contribution is 2.70. The molecule has 30 rings (SSSR count). The van der Waals surface area contributed by atoms with Crippen LogP contribution in [0.4, 0.5) is 0 Å². The molecule has 4 saturated carbocycles. The summed E-state index contributed by atoms with van der Waals surface area (Å²) in [5.41, 5.74) is 51.9. The van der Waals surface area contributed by atoms with Crippen LogP contribution in [-0.4, -0.2) is 48.7 Å². The van der Waals surface area contributed by atoms with Crippen LogP contribution in [0.3, 0.4) is 0 Å². The van der Waals surface area contributed by atoms with Gasteiger partial charge in [0, 0.05) is 69.1 Å². The number of hydrogen-bond acceptors (Lipinski definition) is 6. The summed E-state index contributed by atoms with van der Waals surface area (Å²) in [6, 6.07) is 161.